The van der Waals surface area contributed by atoms with Gasteiger partial charge in [-0.1, -0.05) is 6.07 Å². The Morgan fingerprint density at radius 1 is 1.24 bits per heavy atom. The van der Waals surface area contributed by atoms with Crippen LogP contribution in [0.4, 0.5) is 0 Å². The van der Waals surface area contributed by atoms with Gasteiger partial charge in [0.15, 0.2) is 11.5 Å². The van der Waals surface area contributed by atoms with E-state index in [1.807, 2.05) is 30.0 Å². The molecule has 3 aliphatic rings. The Hall–Kier alpha value is -2.24. The third-order valence-corrected chi connectivity index (χ3v) is 5.15. The van der Waals surface area contributed by atoms with Crippen molar-refractivity contribution in [3.05, 3.63) is 23.8 Å². The summed E-state index contributed by atoms with van der Waals surface area (Å²) in [6.45, 7) is 3.81. The monoisotopic (exact) mass is 344 g/mol. The first-order valence-electron chi connectivity index (χ1n) is 9.11. The number of amides is 2. The van der Waals surface area contributed by atoms with Gasteiger partial charge in [-0.25, -0.2) is 0 Å². The summed E-state index contributed by atoms with van der Waals surface area (Å²) in [5.74, 6) is 1.31. The normalized spacial score (nSPS) is 24.0. The molecular formula is C19H24N2O4. The number of fused-ring (bicyclic) bond motifs is 1. The summed E-state index contributed by atoms with van der Waals surface area (Å²) in [6.07, 6.45) is 3.35. The van der Waals surface area contributed by atoms with Crippen LogP contribution in [0, 0.1) is 5.92 Å². The summed E-state index contributed by atoms with van der Waals surface area (Å²) >= 11 is 0. The summed E-state index contributed by atoms with van der Waals surface area (Å²) in [6, 6.07) is 6.02. The zero-order chi connectivity index (χ0) is 17.4. The minimum Gasteiger partial charge on any atom is -0.490 e. The van der Waals surface area contributed by atoms with Crippen LogP contribution in [0.3, 0.4) is 0 Å². The zero-order valence-corrected chi connectivity index (χ0v) is 14.5. The molecule has 2 heterocycles. The van der Waals surface area contributed by atoms with Crippen LogP contribution in [0.25, 0.3) is 0 Å². The summed E-state index contributed by atoms with van der Waals surface area (Å²) < 4.78 is 11.4. The number of ether oxygens (including phenoxy) is 2. The largest absolute Gasteiger partial charge is 0.490 e. The highest BCUT2D eigenvalue weighted by molar-refractivity contribution is 5.89. The van der Waals surface area contributed by atoms with Crippen molar-refractivity contribution >= 4 is 11.8 Å². The first-order valence-corrected chi connectivity index (χ1v) is 9.11. The van der Waals surface area contributed by atoms with E-state index in [9.17, 15) is 9.59 Å². The molecule has 0 unspecified atom stereocenters. The van der Waals surface area contributed by atoms with Crippen LogP contribution in [0.2, 0.25) is 0 Å². The van der Waals surface area contributed by atoms with Crippen LogP contribution in [0.15, 0.2) is 18.2 Å². The molecule has 1 saturated heterocycles. The lowest BCUT2D eigenvalue weighted by Gasteiger charge is -2.19. The molecule has 2 atom stereocenters. The van der Waals surface area contributed by atoms with Crippen LogP contribution < -0.4 is 14.8 Å². The number of benzene rings is 1. The van der Waals surface area contributed by atoms with Gasteiger partial charge in [0, 0.05) is 25.4 Å². The molecule has 2 aliphatic heterocycles. The van der Waals surface area contributed by atoms with Crippen molar-refractivity contribution in [2.75, 3.05) is 19.8 Å². The van der Waals surface area contributed by atoms with E-state index < -0.39 is 0 Å². The van der Waals surface area contributed by atoms with E-state index in [1.165, 1.54) is 0 Å². The maximum absolute atomic E-state index is 12.6. The summed E-state index contributed by atoms with van der Waals surface area (Å²) in [5.41, 5.74) is 0.973. The number of rotatable bonds is 4. The van der Waals surface area contributed by atoms with Crippen molar-refractivity contribution in [1.82, 2.24) is 10.2 Å². The Morgan fingerprint density at radius 3 is 2.76 bits per heavy atom. The number of hydrogen-bond donors (Lipinski definition) is 1. The molecule has 1 aliphatic carbocycles. The van der Waals surface area contributed by atoms with E-state index in [0.717, 1.165) is 36.3 Å². The molecule has 134 valence electrons. The second-order valence-electron chi connectivity index (χ2n) is 7.17. The van der Waals surface area contributed by atoms with Crippen LogP contribution in [-0.4, -0.2) is 42.5 Å². The molecule has 1 saturated carbocycles. The molecule has 2 fully saturated rings. The minimum absolute atomic E-state index is 0.0453. The molecule has 6 nitrogen and oxygen atoms in total. The van der Waals surface area contributed by atoms with Gasteiger partial charge in [-0.05, 0) is 37.5 Å². The van der Waals surface area contributed by atoms with E-state index >= 15 is 0 Å². The molecule has 2 amide bonds. The van der Waals surface area contributed by atoms with Gasteiger partial charge in [0.25, 0.3) is 0 Å². The maximum atomic E-state index is 12.6. The highest BCUT2D eigenvalue weighted by Crippen LogP contribution is 2.34. The number of nitrogens with zero attached hydrogens (tertiary/aromatic N) is 1. The van der Waals surface area contributed by atoms with Crippen LogP contribution in [-0.2, 0) is 9.59 Å². The van der Waals surface area contributed by atoms with Gasteiger partial charge in [0.1, 0.15) is 0 Å². The van der Waals surface area contributed by atoms with Gasteiger partial charge in [0.2, 0.25) is 11.8 Å². The van der Waals surface area contributed by atoms with Crippen molar-refractivity contribution in [1.29, 1.82) is 0 Å². The maximum Gasteiger partial charge on any atom is 0.225 e. The summed E-state index contributed by atoms with van der Waals surface area (Å²) in [4.78, 5) is 26.5. The van der Waals surface area contributed by atoms with Crippen molar-refractivity contribution in [3.63, 3.8) is 0 Å². The van der Waals surface area contributed by atoms with E-state index in [1.54, 1.807) is 0 Å². The van der Waals surface area contributed by atoms with Gasteiger partial charge in [-0.2, -0.15) is 0 Å². The Bertz CT molecular complexity index is 686. The molecule has 6 heteroatoms. The second-order valence-corrected chi connectivity index (χ2v) is 7.17. The zero-order valence-electron chi connectivity index (χ0n) is 14.5. The average Bonchev–Trinajstić information content (AvgIpc) is 3.40. The molecule has 0 aromatic heterocycles. The molecule has 0 bridgehead atoms. The molecule has 0 radical (unpaired) electrons. The fraction of sp³-hybridized carbons (Fsp3) is 0.579. The SMILES string of the molecule is C[C@@H](NC(=O)[C@@H]1CC(=O)N(C2CC2)C1)c1ccc2c(c1)OCCCO2. The molecule has 25 heavy (non-hydrogen) atoms. The number of likely N-dealkylation sites (tertiary alicyclic amines) is 1. The predicted octanol–water partition coefficient (Wildman–Crippen LogP) is 2.04. The van der Waals surface area contributed by atoms with Gasteiger partial charge in [-0.3, -0.25) is 9.59 Å². The second kappa shape index (κ2) is 6.58. The lowest BCUT2D eigenvalue weighted by atomic mass is 10.0. The lowest BCUT2D eigenvalue weighted by molar-refractivity contribution is -0.129. The first-order chi connectivity index (χ1) is 12.1. The summed E-state index contributed by atoms with van der Waals surface area (Å²) in [5, 5.41) is 3.05. The fourth-order valence-corrected chi connectivity index (χ4v) is 3.51. The van der Waals surface area contributed by atoms with Crippen LogP contribution >= 0.6 is 0 Å². The lowest BCUT2D eigenvalue weighted by Crippen LogP contribution is -2.35. The molecule has 1 aromatic rings. The third kappa shape index (κ3) is 3.43. The van der Waals surface area contributed by atoms with Crippen molar-refractivity contribution in [2.24, 2.45) is 5.92 Å². The Labute approximate surface area is 147 Å². The van der Waals surface area contributed by atoms with E-state index in [0.29, 0.717) is 32.2 Å². The first kappa shape index (κ1) is 16.2. The Morgan fingerprint density at radius 2 is 2.00 bits per heavy atom. The minimum atomic E-state index is -0.240. The smallest absolute Gasteiger partial charge is 0.225 e. The van der Waals surface area contributed by atoms with Gasteiger partial charge < -0.3 is 19.7 Å². The van der Waals surface area contributed by atoms with Crippen molar-refractivity contribution in [3.8, 4) is 11.5 Å². The van der Waals surface area contributed by atoms with E-state index in [4.69, 9.17) is 9.47 Å². The van der Waals surface area contributed by atoms with Gasteiger partial charge in [0.05, 0.1) is 25.2 Å². The highest BCUT2D eigenvalue weighted by Gasteiger charge is 2.41. The number of hydrogen-bond acceptors (Lipinski definition) is 4. The van der Waals surface area contributed by atoms with Crippen LogP contribution in [0.5, 0.6) is 11.5 Å². The highest BCUT2D eigenvalue weighted by atomic mass is 16.5. The van der Waals surface area contributed by atoms with E-state index in [-0.39, 0.29) is 23.8 Å². The topological polar surface area (TPSA) is 67.9 Å². The Balaban J connectivity index is 1.40. The van der Waals surface area contributed by atoms with E-state index in [2.05, 4.69) is 5.32 Å². The van der Waals surface area contributed by atoms with Crippen molar-refractivity contribution in [2.45, 2.75) is 44.7 Å². The van der Waals surface area contributed by atoms with Gasteiger partial charge >= 0.3 is 0 Å². The number of carbonyl (C=O) groups excluding carboxylic acids is 2. The molecule has 1 N–H and O–H groups in total. The van der Waals surface area contributed by atoms with Crippen LogP contribution in [0.1, 0.15) is 44.2 Å². The fourth-order valence-electron chi connectivity index (χ4n) is 3.51. The third-order valence-electron chi connectivity index (χ3n) is 5.15. The quantitative estimate of drug-likeness (QED) is 0.908. The van der Waals surface area contributed by atoms with Gasteiger partial charge in [-0.15, -0.1) is 0 Å². The molecule has 4 rings (SSSR count). The summed E-state index contributed by atoms with van der Waals surface area (Å²) in [7, 11) is 0. The Kier molecular flexibility index (Phi) is 4.27. The molecular weight excluding hydrogens is 320 g/mol. The van der Waals surface area contributed by atoms with Crippen molar-refractivity contribution < 1.29 is 19.1 Å². The molecule has 1 aromatic carbocycles. The predicted molar refractivity (Wildman–Crippen MR) is 91.4 cm³/mol. The number of carbonyl (C=O) groups is 2. The average molecular weight is 344 g/mol. The standard InChI is InChI=1S/C19H24N2O4/c1-12(13-3-6-16-17(9-13)25-8-2-7-24-16)20-19(23)14-10-18(22)21(11-14)15-4-5-15/h3,6,9,12,14-15H,2,4-5,7-8,10-11H2,1H3,(H,20,23)/t12-,14-/m1/s1. The number of nitrogens with one attached hydrogen (secondary N) is 1. The molecule has 0 spiro atoms.